The molecule has 0 fully saturated rings. The van der Waals surface area contributed by atoms with Gasteiger partial charge < -0.3 is 9.64 Å². The lowest BCUT2D eigenvalue weighted by Gasteiger charge is -2.20. The van der Waals surface area contributed by atoms with Crippen molar-refractivity contribution < 1.29 is 9.53 Å². The fraction of sp³-hybridized carbons (Fsp3) is 0.259. The van der Waals surface area contributed by atoms with E-state index in [2.05, 4.69) is 38.1 Å². The molecule has 164 valence electrons. The third kappa shape index (κ3) is 4.42. The van der Waals surface area contributed by atoms with Gasteiger partial charge in [0, 0.05) is 29.6 Å². The Hall–Kier alpha value is -3.11. The topological polar surface area (TPSA) is 41.9 Å². The number of likely N-dealkylation sites (N-methyl/N-ethyl adjacent to an activating group) is 1. The van der Waals surface area contributed by atoms with Crippen molar-refractivity contribution in [3.05, 3.63) is 94.0 Å². The maximum absolute atomic E-state index is 13.4. The number of rotatable bonds is 5. The van der Waals surface area contributed by atoms with Gasteiger partial charge in [0.2, 0.25) is 0 Å². The van der Waals surface area contributed by atoms with Gasteiger partial charge in [0.15, 0.2) is 0 Å². The van der Waals surface area contributed by atoms with Crippen LogP contribution in [-0.2, 0) is 11.2 Å². The number of carbonyl (C=O) groups is 1. The molecule has 0 saturated heterocycles. The number of ether oxygens (including phenoxy) is 1. The van der Waals surface area contributed by atoms with Crippen LogP contribution in [0.25, 0.3) is 0 Å². The van der Waals surface area contributed by atoms with Gasteiger partial charge >= 0.3 is 0 Å². The molecule has 0 saturated carbocycles. The predicted octanol–water partition coefficient (Wildman–Crippen LogP) is 5.90. The van der Waals surface area contributed by atoms with Crippen LogP contribution in [0.5, 0.6) is 5.75 Å². The number of hydrogen-bond donors (Lipinski definition) is 0. The van der Waals surface area contributed by atoms with E-state index in [9.17, 15) is 4.79 Å². The van der Waals surface area contributed by atoms with Crippen molar-refractivity contribution in [1.29, 1.82) is 0 Å². The summed E-state index contributed by atoms with van der Waals surface area (Å²) in [7, 11) is 3.44. The normalized spacial score (nSPS) is 15.9. The Morgan fingerprint density at radius 2 is 1.72 bits per heavy atom. The predicted molar refractivity (Wildman–Crippen MR) is 132 cm³/mol. The van der Waals surface area contributed by atoms with Gasteiger partial charge in [0.05, 0.1) is 18.5 Å². The summed E-state index contributed by atoms with van der Waals surface area (Å²) in [5.74, 6) is 1.20. The van der Waals surface area contributed by atoms with E-state index in [0.717, 1.165) is 33.8 Å². The molecule has 0 aromatic heterocycles. The number of benzodiazepines with no additional fused rings is 1. The lowest BCUT2D eigenvalue weighted by Crippen LogP contribution is -2.36. The zero-order valence-electron chi connectivity index (χ0n) is 18.8. The number of hydrogen-bond acceptors (Lipinski definition) is 3. The second kappa shape index (κ2) is 9.17. The Morgan fingerprint density at radius 3 is 2.34 bits per heavy atom. The smallest absolute Gasteiger partial charge is 0.251 e. The molecule has 1 aliphatic heterocycles. The van der Waals surface area contributed by atoms with E-state index in [1.165, 1.54) is 5.56 Å². The molecule has 0 spiro atoms. The minimum absolute atomic E-state index is 0.0370. The first-order valence-corrected chi connectivity index (χ1v) is 11.1. The first-order valence-electron chi connectivity index (χ1n) is 10.8. The van der Waals surface area contributed by atoms with Gasteiger partial charge in [-0.3, -0.25) is 9.79 Å². The highest BCUT2D eigenvalue weighted by Gasteiger charge is 2.30. The van der Waals surface area contributed by atoms with E-state index in [1.54, 1.807) is 25.1 Å². The Balaban J connectivity index is 1.79. The highest BCUT2D eigenvalue weighted by Crippen LogP contribution is 2.31. The van der Waals surface area contributed by atoms with E-state index in [1.807, 2.05) is 36.4 Å². The number of fused-ring (bicyclic) bond motifs is 1. The maximum atomic E-state index is 13.4. The molecule has 0 radical (unpaired) electrons. The van der Waals surface area contributed by atoms with E-state index < -0.39 is 6.04 Å². The third-order valence-electron chi connectivity index (χ3n) is 5.91. The van der Waals surface area contributed by atoms with Crippen molar-refractivity contribution >= 4 is 28.9 Å². The van der Waals surface area contributed by atoms with Crippen LogP contribution in [0.4, 0.5) is 5.69 Å². The van der Waals surface area contributed by atoms with E-state index in [4.69, 9.17) is 21.3 Å². The molecule has 1 heterocycles. The summed E-state index contributed by atoms with van der Waals surface area (Å²) >= 11 is 6.34. The molecule has 0 aliphatic carbocycles. The fourth-order valence-corrected chi connectivity index (χ4v) is 4.16. The fourth-order valence-electron chi connectivity index (χ4n) is 3.99. The number of halogens is 1. The Labute approximate surface area is 194 Å². The number of carbonyl (C=O) groups excluding carboxylic acids is 1. The molecule has 0 bridgehead atoms. The lowest BCUT2D eigenvalue weighted by molar-refractivity contribution is -0.119. The minimum Gasteiger partial charge on any atom is -0.497 e. The number of benzene rings is 3. The number of nitrogens with zero attached hydrogens (tertiary/aromatic N) is 2. The second-order valence-electron chi connectivity index (χ2n) is 8.38. The van der Waals surface area contributed by atoms with Gasteiger partial charge in [0.1, 0.15) is 11.8 Å². The van der Waals surface area contributed by atoms with Crippen LogP contribution in [0.3, 0.4) is 0 Å². The average molecular weight is 447 g/mol. The molecule has 32 heavy (non-hydrogen) atoms. The van der Waals surface area contributed by atoms with Crippen molar-refractivity contribution in [2.45, 2.75) is 32.2 Å². The molecule has 4 nitrogen and oxygen atoms in total. The van der Waals surface area contributed by atoms with Gasteiger partial charge in [-0.05, 0) is 59.5 Å². The summed E-state index contributed by atoms with van der Waals surface area (Å²) in [6, 6.07) is 21.2. The van der Waals surface area contributed by atoms with Gasteiger partial charge in [-0.2, -0.15) is 0 Å². The summed E-state index contributed by atoms with van der Waals surface area (Å²) in [6.45, 7) is 4.35. The van der Waals surface area contributed by atoms with E-state index in [-0.39, 0.29) is 5.91 Å². The zero-order valence-corrected chi connectivity index (χ0v) is 19.6. The van der Waals surface area contributed by atoms with Crippen LogP contribution in [-0.4, -0.2) is 31.8 Å². The second-order valence-corrected chi connectivity index (χ2v) is 8.82. The van der Waals surface area contributed by atoms with Crippen molar-refractivity contribution in [1.82, 2.24) is 0 Å². The summed E-state index contributed by atoms with van der Waals surface area (Å²) in [4.78, 5) is 20.1. The molecular formula is C27H27ClN2O2. The zero-order chi connectivity index (χ0) is 22.8. The summed E-state index contributed by atoms with van der Waals surface area (Å²) in [5.41, 5.74) is 5.68. The molecular weight excluding hydrogens is 420 g/mol. The number of aliphatic imine (C=N–C) groups is 1. The molecule has 1 unspecified atom stereocenters. The highest BCUT2D eigenvalue weighted by atomic mass is 35.5. The quantitative estimate of drug-likeness (QED) is 0.489. The number of methoxy groups -OCH3 is 1. The van der Waals surface area contributed by atoms with Crippen LogP contribution < -0.4 is 9.64 Å². The van der Waals surface area contributed by atoms with Crippen molar-refractivity contribution in [3.63, 3.8) is 0 Å². The van der Waals surface area contributed by atoms with Gasteiger partial charge in [-0.25, -0.2) is 0 Å². The first-order chi connectivity index (χ1) is 15.4. The standard InChI is InChI=1S/C27H27ClN2O2/c1-17(2)19-7-5-18(6-8-19)15-24-27(31)30(3)25-14-11-21(28)16-23(25)26(29-24)20-9-12-22(32-4)13-10-20/h5-14,16-17,24H,15H2,1-4H3. The Kier molecular flexibility index (Phi) is 6.33. The highest BCUT2D eigenvalue weighted by molar-refractivity contribution is 6.32. The van der Waals surface area contributed by atoms with Crippen LogP contribution in [0, 0.1) is 0 Å². The van der Waals surface area contributed by atoms with Crippen LogP contribution in [0.2, 0.25) is 5.02 Å². The van der Waals surface area contributed by atoms with E-state index >= 15 is 0 Å². The molecule has 3 aromatic rings. The Morgan fingerprint density at radius 1 is 1.03 bits per heavy atom. The van der Waals surface area contributed by atoms with Crippen LogP contribution in [0.15, 0.2) is 71.7 Å². The molecule has 1 amide bonds. The van der Waals surface area contributed by atoms with Gasteiger partial charge in [-0.1, -0.05) is 49.7 Å². The van der Waals surface area contributed by atoms with Crippen molar-refractivity contribution in [3.8, 4) is 5.75 Å². The molecule has 1 aliphatic rings. The van der Waals surface area contributed by atoms with Crippen molar-refractivity contribution in [2.75, 3.05) is 19.1 Å². The molecule has 1 atom stereocenters. The van der Waals surface area contributed by atoms with Gasteiger partial charge in [0.25, 0.3) is 5.91 Å². The monoisotopic (exact) mass is 446 g/mol. The number of anilines is 1. The number of amides is 1. The molecule has 0 N–H and O–H groups in total. The maximum Gasteiger partial charge on any atom is 0.251 e. The minimum atomic E-state index is -0.534. The van der Waals surface area contributed by atoms with Gasteiger partial charge in [-0.15, -0.1) is 0 Å². The summed E-state index contributed by atoms with van der Waals surface area (Å²) in [5, 5.41) is 0.605. The summed E-state index contributed by atoms with van der Waals surface area (Å²) in [6.07, 6.45) is 0.531. The molecule has 3 aromatic carbocycles. The molecule has 5 heteroatoms. The van der Waals surface area contributed by atoms with Crippen LogP contribution in [0.1, 0.15) is 42.0 Å². The lowest BCUT2D eigenvalue weighted by atomic mass is 9.98. The third-order valence-corrected chi connectivity index (χ3v) is 6.15. The van der Waals surface area contributed by atoms with Crippen LogP contribution >= 0.6 is 11.6 Å². The Bertz CT molecular complexity index is 1150. The molecule has 4 rings (SSSR count). The SMILES string of the molecule is COc1ccc(C2=NC(Cc3ccc(C(C)C)cc3)C(=O)N(C)c3ccc(Cl)cc32)cc1. The average Bonchev–Trinajstić information content (AvgIpc) is 2.90. The van der Waals surface area contributed by atoms with E-state index in [0.29, 0.717) is 17.4 Å². The first kappa shape index (κ1) is 22.1. The summed E-state index contributed by atoms with van der Waals surface area (Å²) < 4.78 is 5.31. The van der Waals surface area contributed by atoms with Crippen molar-refractivity contribution in [2.24, 2.45) is 4.99 Å². The largest absolute Gasteiger partial charge is 0.497 e.